The van der Waals surface area contributed by atoms with Crippen molar-refractivity contribution < 1.29 is 14.3 Å². The van der Waals surface area contributed by atoms with E-state index in [0.29, 0.717) is 19.8 Å². The molecular weight excluding hydrogens is 338 g/mol. The number of carbonyl (C=O) groups excluding carboxylic acids is 1. The Kier molecular flexibility index (Phi) is 8.85. The van der Waals surface area contributed by atoms with E-state index in [4.69, 9.17) is 9.47 Å². The number of hydrogen-bond donors (Lipinski definition) is 0. The van der Waals surface area contributed by atoms with Crippen LogP contribution in [0.25, 0.3) is 0 Å². The number of rotatable bonds is 11. The van der Waals surface area contributed by atoms with Crippen LogP contribution in [0.2, 0.25) is 0 Å². The zero-order chi connectivity index (χ0) is 19.5. The molecule has 0 saturated carbocycles. The van der Waals surface area contributed by atoms with Gasteiger partial charge in [0.2, 0.25) is 0 Å². The monoisotopic (exact) mass is 369 g/mol. The number of esters is 1. The topological polar surface area (TPSA) is 38.8 Å². The Balaban J connectivity index is 1.97. The minimum atomic E-state index is -0.287. The third-order valence-corrected chi connectivity index (χ3v) is 4.36. The Morgan fingerprint density at radius 3 is 2.33 bits per heavy atom. The van der Waals surface area contributed by atoms with Crippen LogP contribution in [0.4, 0.5) is 0 Å². The first kappa shape index (κ1) is 21.0. The summed E-state index contributed by atoms with van der Waals surface area (Å²) in [6, 6.07) is 17.8. The maximum absolute atomic E-state index is 12.6. The zero-order valence-corrected chi connectivity index (χ0v) is 16.7. The van der Waals surface area contributed by atoms with Crippen LogP contribution >= 0.6 is 0 Å². The molecule has 0 aliphatic rings. The molecule has 4 nitrogen and oxygen atoms in total. The molecule has 0 amide bonds. The van der Waals surface area contributed by atoms with E-state index in [0.717, 1.165) is 36.1 Å². The first-order chi connectivity index (χ1) is 13.1. The normalized spacial score (nSPS) is 12.0. The summed E-state index contributed by atoms with van der Waals surface area (Å²) in [6.45, 7) is 3.78. The van der Waals surface area contributed by atoms with Gasteiger partial charge in [0.25, 0.3) is 0 Å². The van der Waals surface area contributed by atoms with Gasteiger partial charge < -0.3 is 14.4 Å². The summed E-state index contributed by atoms with van der Waals surface area (Å²) in [5.41, 5.74) is 2.08. The molecule has 2 aromatic rings. The van der Waals surface area contributed by atoms with E-state index in [1.54, 1.807) is 0 Å². The summed E-state index contributed by atoms with van der Waals surface area (Å²) in [5, 5.41) is 0. The second-order valence-electron chi connectivity index (χ2n) is 7.03. The molecule has 146 valence electrons. The molecule has 0 aliphatic heterocycles. The molecule has 1 atom stereocenters. The van der Waals surface area contributed by atoms with Crippen LogP contribution in [-0.4, -0.2) is 38.1 Å². The third-order valence-electron chi connectivity index (χ3n) is 4.36. The average molecular weight is 370 g/mol. The standard InChI is InChI=1S/C23H31NO3/c1-4-5-9-16-26-23(25)22(17-24(2)3)20-12-14-21(15-13-20)27-18-19-10-7-6-8-11-19/h6-8,10-15,22H,4-5,9,16-18H2,1-3H3. The lowest BCUT2D eigenvalue weighted by Crippen LogP contribution is -2.28. The molecule has 0 bridgehead atoms. The van der Waals surface area contributed by atoms with Crippen molar-refractivity contribution in [2.75, 3.05) is 27.2 Å². The van der Waals surface area contributed by atoms with Crippen molar-refractivity contribution in [2.24, 2.45) is 0 Å². The Labute approximate surface area is 163 Å². The van der Waals surface area contributed by atoms with Crippen LogP contribution in [0.15, 0.2) is 54.6 Å². The lowest BCUT2D eigenvalue weighted by molar-refractivity contribution is -0.146. The SMILES string of the molecule is CCCCCOC(=O)C(CN(C)C)c1ccc(OCc2ccccc2)cc1. The van der Waals surface area contributed by atoms with Crippen LogP contribution < -0.4 is 4.74 Å². The third kappa shape index (κ3) is 7.43. The first-order valence-electron chi connectivity index (χ1n) is 9.68. The number of hydrogen-bond acceptors (Lipinski definition) is 4. The fourth-order valence-corrected chi connectivity index (χ4v) is 2.84. The number of benzene rings is 2. The predicted molar refractivity (Wildman–Crippen MR) is 109 cm³/mol. The van der Waals surface area contributed by atoms with Crippen LogP contribution in [0.5, 0.6) is 5.75 Å². The highest BCUT2D eigenvalue weighted by molar-refractivity contribution is 5.78. The Morgan fingerprint density at radius 1 is 1.00 bits per heavy atom. The summed E-state index contributed by atoms with van der Waals surface area (Å²) in [5.74, 6) is 0.352. The molecule has 0 fully saturated rings. The summed E-state index contributed by atoms with van der Waals surface area (Å²) in [7, 11) is 3.93. The smallest absolute Gasteiger partial charge is 0.314 e. The molecule has 4 heteroatoms. The molecule has 0 aliphatic carbocycles. The van der Waals surface area contributed by atoms with Gasteiger partial charge in [-0.25, -0.2) is 0 Å². The Bertz CT molecular complexity index is 668. The van der Waals surface area contributed by atoms with E-state index in [2.05, 4.69) is 6.92 Å². The van der Waals surface area contributed by atoms with Gasteiger partial charge >= 0.3 is 5.97 Å². The van der Waals surface area contributed by atoms with E-state index < -0.39 is 0 Å². The second-order valence-corrected chi connectivity index (χ2v) is 7.03. The van der Waals surface area contributed by atoms with Crippen LogP contribution in [-0.2, 0) is 16.1 Å². The summed E-state index contributed by atoms with van der Waals surface area (Å²) in [6.07, 6.45) is 3.12. The van der Waals surface area contributed by atoms with Crippen molar-refractivity contribution in [2.45, 2.75) is 38.7 Å². The number of ether oxygens (including phenoxy) is 2. The minimum Gasteiger partial charge on any atom is -0.489 e. The van der Waals surface area contributed by atoms with Gasteiger partial charge in [-0.3, -0.25) is 4.79 Å². The van der Waals surface area contributed by atoms with E-state index in [1.165, 1.54) is 0 Å². The molecule has 1 unspecified atom stereocenters. The largest absolute Gasteiger partial charge is 0.489 e. The van der Waals surface area contributed by atoms with Crippen LogP contribution in [0.3, 0.4) is 0 Å². The van der Waals surface area contributed by atoms with Gasteiger partial charge in [0.15, 0.2) is 0 Å². The van der Waals surface area contributed by atoms with E-state index in [1.807, 2.05) is 73.6 Å². The number of likely N-dealkylation sites (N-methyl/N-ethyl adjacent to an activating group) is 1. The fourth-order valence-electron chi connectivity index (χ4n) is 2.84. The minimum absolute atomic E-state index is 0.155. The van der Waals surface area contributed by atoms with Crippen molar-refractivity contribution in [3.05, 3.63) is 65.7 Å². The van der Waals surface area contributed by atoms with E-state index >= 15 is 0 Å². The number of unbranched alkanes of at least 4 members (excludes halogenated alkanes) is 2. The van der Waals surface area contributed by atoms with Gasteiger partial charge in [-0.05, 0) is 43.8 Å². The van der Waals surface area contributed by atoms with Crippen molar-refractivity contribution >= 4 is 5.97 Å². The molecule has 2 aromatic carbocycles. The van der Waals surface area contributed by atoms with Crippen molar-refractivity contribution in [1.29, 1.82) is 0 Å². The van der Waals surface area contributed by atoms with E-state index in [-0.39, 0.29) is 11.9 Å². The summed E-state index contributed by atoms with van der Waals surface area (Å²) in [4.78, 5) is 14.6. The number of nitrogens with zero attached hydrogens (tertiary/aromatic N) is 1. The van der Waals surface area contributed by atoms with Crippen molar-refractivity contribution in [3.8, 4) is 5.75 Å². The highest BCUT2D eigenvalue weighted by atomic mass is 16.5. The highest BCUT2D eigenvalue weighted by Gasteiger charge is 2.23. The Morgan fingerprint density at radius 2 is 1.70 bits per heavy atom. The summed E-state index contributed by atoms with van der Waals surface area (Å²) >= 11 is 0. The molecule has 0 aromatic heterocycles. The van der Waals surface area contributed by atoms with Crippen LogP contribution in [0, 0.1) is 0 Å². The molecule has 0 radical (unpaired) electrons. The second kappa shape index (κ2) is 11.4. The summed E-state index contributed by atoms with van der Waals surface area (Å²) < 4.78 is 11.3. The lowest BCUT2D eigenvalue weighted by atomic mass is 9.98. The van der Waals surface area contributed by atoms with Gasteiger partial charge in [0, 0.05) is 6.54 Å². The fraction of sp³-hybridized carbons (Fsp3) is 0.435. The zero-order valence-electron chi connectivity index (χ0n) is 16.7. The van der Waals surface area contributed by atoms with Gasteiger partial charge in [-0.15, -0.1) is 0 Å². The maximum atomic E-state index is 12.6. The van der Waals surface area contributed by atoms with Crippen molar-refractivity contribution in [1.82, 2.24) is 4.90 Å². The maximum Gasteiger partial charge on any atom is 0.314 e. The molecule has 0 N–H and O–H groups in total. The molecule has 0 saturated heterocycles. The quantitative estimate of drug-likeness (QED) is 0.427. The molecule has 0 heterocycles. The number of carbonyl (C=O) groups is 1. The van der Waals surface area contributed by atoms with E-state index in [9.17, 15) is 4.79 Å². The molecular formula is C23H31NO3. The molecule has 2 rings (SSSR count). The Hall–Kier alpha value is -2.33. The van der Waals surface area contributed by atoms with Gasteiger partial charge in [-0.1, -0.05) is 62.2 Å². The lowest BCUT2D eigenvalue weighted by Gasteiger charge is -2.20. The van der Waals surface area contributed by atoms with Gasteiger partial charge in [0.1, 0.15) is 12.4 Å². The van der Waals surface area contributed by atoms with Gasteiger partial charge in [-0.2, -0.15) is 0 Å². The van der Waals surface area contributed by atoms with Gasteiger partial charge in [0.05, 0.1) is 12.5 Å². The first-order valence-corrected chi connectivity index (χ1v) is 9.68. The average Bonchev–Trinajstić information content (AvgIpc) is 2.69. The van der Waals surface area contributed by atoms with Crippen molar-refractivity contribution in [3.63, 3.8) is 0 Å². The predicted octanol–water partition coefficient (Wildman–Crippen LogP) is 4.64. The molecule has 0 spiro atoms. The molecule has 27 heavy (non-hydrogen) atoms. The van der Waals surface area contributed by atoms with Crippen LogP contribution in [0.1, 0.15) is 43.2 Å². The highest BCUT2D eigenvalue weighted by Crippen LogP contribution is 2.22.